The number of ether oxygens (including phenoxy) is 3. The number of alkyl halides is 3. The van der Waals surface area contributed by atoms with Crippen LogP contribution in [-0.4, -0.2) is 45.2 Å². The quantitative estimate of drug-likeness (QED) is 0.744. The molecule has 1 amide bonds. The minimum Gasteiger partial charge on any atom is -0.493 e. The molecule has 1 aliphatic rings. The number of hydrogen-bond donors (Lipinski definition) is 0. The van der Waals surface area contributed by atoms with Gasteiger partial charge in [0.1, 0.15) is 0 Å². The van der Waals surface area contributed by atoms with E-state index in [4.69, 9.17) is 14.2 Å². The molecule has 0 spiro atoms. The van der Waals surface area contributed by atoms with Crippen LogP contribution in [-0.2, 0) is 6.18 Å². The van der Waals surface area contributed by atoms with E-state index in [9.17, 15) is 18.0 Å². The molecule has 1 heterocycles. The van der Waals surface area contributed by atoms with Gasteiger partial charge in [-0.25, -0.2) is 0 Å². The molecule has 155 valence electrons. The largest absolute Gasteiger partial charge is 0.493 e. The van der Waals surface area contributed by atoms with Crippen molar-refractivity contribution in [3.8, 4) is 17.2 Å². The van der Waals surface area contributed by atoms with Gasteiger partial charge in [-0.15, -0.1) is 0 Å². The van der Waals surface area contributed by atoms with Crippen molar-refractivity contribution >= 4 is 5.91 Å². The average molecular weight is 408 g/mol. The summed E-state index contributed by atoms with van der Waals surface area (Å²) >= 11 is 0. The summed E-state index contributed by atoms with van der Waals surface area (Å²) in [5.41, 5.74) is 0.400. The highest BCUT2D eigenvalue weighted by Crippen LogP contribution is 2.39. The molecule has 8 heteroatoms. The summed E-state index contributed by atoms with van der Waals surface area (Å²) in [4.78, 5) is 14.6. The predicted octanol–water partition coefficient (Wildman–Crippen LogP) is 4.20. The Hall–Kier alpha value is -2.90. The standard InChI is InChI=1S/C21H21F3NO4/c1-27-17-10-15(11-18(28-2)19(17)29-3)20(26)25-9-8-14(12-25)13-4-6-16(7-5-13)21(22,23)24/h4-7,10-11H,8-9,12H2,1-3H3. The molecule has 3 rings (SSSR count). The summed E-state index contributed by atoms with van der Waals surface area (Å²) in [6.07, 6.45) is -3.77. The molecule has 1 fully saturated rings. The molecule has 5 nitrogen and oxygen atoms in total. The molecule has 1 aliphatic heterocycles. The Labute approximate surface area is 167 Å². The Bertz CT molecular complexity index is 855. The van der Waals surface area contributed by atoms with Crippen LogP contribution in [0, 0.1) is 5.92 Å². The zero-order valence-corrected chi connectivity index (χ0v) is 16.3. The first-order chi connectivity index (χ1) is 13.8. The Morgan fingerprint density at radius 1 is 0.966 bits per heavy atom. The minimum atomic E-state index is -4.37. The maximum atomic E-state index is 13.0. The average Bonchev–Trinajstić information content (AvgIpc) is 3.21. The minimum absolute atomic E-state index is 0.217. The van der Waals surface area contributed by atoms with Gasteiger partial charge in [-0.2, -0.15) is 13.2 Å². The molecular weight excluding hydrogens is 387 g/mol. The lowest BCUT2D eigenvalue weighted by Crippen LogP contribution is -2.28. The molecule has 1 saturated heterocycles. The molecule has 1 radical (unpaired) electrons. The first kappa shape index (κ1) is 20.8. The number of nitrogens with zero attached hydrogens (tertiary/aromatic N) is 1. The first-order valence-electron chi connectivity index (χ1n) is 8.90. The van der Waals surface area contributed by atoms with Gasteiger partial charge in [-0.3, -0.25) is 4.79 Å². The second kappa shape index (κ2) is 8.23. The third-order valence-electron chi connectivity index (χ3n) is 4.88. The molecule has 0 aromatic heterocycles. The van der Waals surface area contributed by atoms with Crippen LogP contribution in [0.3, 0.4) is 0 Å². The maximum absolute atomic E-state index is 13.0. The van der Waals surface area contributed by atoms with Crippen molar-refractivity contribution < 1.29 is 32.2 Å². The number of rotatable bonds is 5. The first-order valence-corrected chi connectivity index (χ1v) is 8.90. The van der Waals surface area contributed by atoms with Crippen molar-refractivity contribution in [3.63, 3.8) is 0 Å². The van der Waals surface area contributed by atoms with Gasteiger partial charge in [-0.1, -0.05) is 12.1 Å². The number of methoxy groups -OCH3 is 3. The fourth-order valence-electron chi connectivity index (χ4n) is 3.35. The number of hydrogen-bond acceptors (Lipinski definition) is 4. The summed E-state index contributed by atoms with van der Waals surface area (Å²) < 4.78 is 54.1. The lowest BCUT2D eigenvalue weighted by atomic mass is 9.97. The fraction of sp³-hybridized carbons (Fsp3) is 0.333. The van der Waals surface area contributed by atoms with Gasteiger partial charge in [0.25, 0.3) is 5.91 Å². The van der Waals surface area contributed by atoms with Crippen molar-refractivity contribution in [2.45, 2.75) is 12.6 Å². The SMILES string of the molecule is COc1cc(C(=O)N2CC[C](c3ccc(C(F)(F)F)cc3)C2)cc(OC)c1OC. The normalized spacial score (nSPS) is 14.8. The molecule has 0 aliphatic carbocycles. The summed E-state index contributed by atoms with van der Waals surface area (Å²) in [7, 11) is 4.42. The number of likely N-dealkylation sites (tertiary alicyclic amines) is 1. The van der Waals surface area contributed by atoms with Crippen LogP contribution in [0.4, 0.5) is 13.2 Å². The highest BCUT2D eigenvalue weighted by Gasteiger charge is 2.32. The number of benzene rings is 2. The van der Waals surface area contributed by atoms with E-state index in [0.29, 0.717) is 47.9 Å². The van der Waals surface area contributed by atoms with E-state index in [1.807, 2.05) is 0 Å². The Kier molecular flexibility index (Phi) is 5.91. The zero-order chi connectivity index (χ0) is 21.2. The third-order valence-corrected chi connectivity index (χ3v) is 4.88. The van der Waals surface area contributed by atoms with E-state index in [1.165, 1.54) is 33.5 Å². The van der Waals surface area contributed by atoms with E-state index >= 15 is 0 Å². The van der Waals surface area contributed by atoms with E-state index in [1.54, 1.807) is 17.0 Å². The van der Waals surface area contributed by atoms with Crippen molar-refractivity contribution in [3.05, 3.63) is 59.0 Å². The third kappa shape index (κ3) is 4.26. The van der Waals surface area contributed by atoms with Gasteiger partial charge in [0.15, 0.2) is 11.5 Å². The topological polar surface area (TPSA) is 48.0 Å². The fourth-order valence-corrected chi connectivity index (χ4v) is 3.35. The van der Waals surface area contributed by atoms with E-state index in [-0.39, 0.29) is 5.91 Å². The van der Waals surface area contributed by atoms with Crippen molar-refractivity contribution in [1.29, 1.82) is 0 Å². The van der Waals surface area contributed by atoms with Crippen molar-refractivity contribution in [1.82, 2.24) is 4.90 Å². The Morgan fingerprint density at radius 2 is 1.55 bits per heavy atom. The van der Waals surface area contributed by atoms with Crippen LogP contribution in [0.5, 0.6) is 17.2 Å². The van der Waals surface area contributed by atoms with Gasteiger partial charge in [-0.05, 0) is 36.2 Å². The molecule has 0 saturated carbocycles. The second-order valence-electron chi connectivity index (χ2n) is 6.57. The van der Waals surface area contributed by atoms with Crippen LogP contribution < -0.4 is 14.2 Å². The highest BCUT2D eigenvalue weighted by atomic mass is 19.4. The van der Waals surface area contributed by atoms with Crippen LogP contribution >= 0.6 is 0 Å². The van der Waals surface area contributed by atoms with Gasteiger partial charge >= 0.3 is 6.18 Å². The molecule has 0 bridgehead atoms. The zero-order valence-electron chi connectivity index (χ0n) is 16.3. The molecule has 2 aromatic carbocycles. The van der Waals surface area contributed by atoms with Gasteiger partial charge in [0, 0.05) is 24.6 Å². The van der Waals surface area contributed by atoms with Gasteiger partial charge in [0.2, 0.25) is 5.75 Å². The second-order valence-corrected chi connectivity index (χ2v) is 6.57. The van der Waals surface area contributed by atoms with E-state index < -0.39 is 11.7 Å². The molecule has 0 unspecified atom stereocenters. The number of carbonyl (C=O) groups excluding carboxylic acids is 1. The summed E-state index contributed by atoms with van der Waals surface area (Å²) in [6, 6.07) is 8.19. The maximum Gasteiger partial charge on any atom is 0.416 e. The monoisotopic (exact) mass is 408 g/mol. The Balaban J connectivity index is 1.77. The summed E-state index contributed by atoms with van der Waals surface area (Å²) in [6.45, 7) is 0.826. The lowest BCUT2D eigenvalue weighted by molar-refractivity contribution is -0.137. The highest BCUT2D eigenvalue weighted by molar-refractivity contribution is 5.96. The number of halogens is 3. The van der Waals surface area contributed by atoms with Crippen LogP contribution in [0.2, 0.25) is 0 Å². The van der Waals surface area contributed by atoms with Crippen LogP contribution in [0.15, 0.2) is 36.4 Å². The summed E-state index contributed by atoms with van der Waals surface area (Å²) in [5.74, 6) is 1.85. The molecule has 0 N–H and O–H groups in total. The smallest absolute Gasteiger partial charge is 0.416 e. The number of carbonyl (C=O) groups is 1. The van der Waals surface area contributed by atoms with Crippen LogP contribution in [0.25, 0.3) is 0 Å². The summed E-state index contributed by atoms with van der Waals surface area (Å²) in [5, 5.41) is 0. The van der Waals surface area contributed by atoms with Crippen LogP contribution in [0.1, 0.15) is 27.9 Å². The van der Waals surface area contributed by atoms with Gasteiger partial charge < -0.3 is 19.1 Å². The number of amides is 1. The van der Waals surface area contributed by atoms with Gasteiger partial charge in [0.05, 0.1) is 26.9 Å². The lowest BCUT2D eigenvalue weighted by Gasteiger charge is -2.19. The van der Waals surface area contributed by atoms with Crippen molar-refractivity contribution in [2.24, 2.45) is 0 Å². The molecular formula is C21H21F3NO4. The van der Waals surface area contributed by atoms with E-state index in [2.05, 4.69) is 0 Å². The predicted molar refractivity (Wildman–Crippen MR) is 100 cm³/mol. The van der Waals surface area contributed by atoms with Crippen molar-refractivity contribution in [2.75, 3.05) is 34.4 Å². The molecule has 2 aromatic rings. The van der Waals surface area contributed by atoms with E-state index in [0.717, 1.165) is 18.1 Å². The molecule has 29 heavy (non-hydrogen) atoms. The Morgan fingerprint density at radius 3 is 2.03 bits per heavy atom. The molecule has 0 atom stereocenters.